The minimum atomic E-state index is 0.523. The third kappa shape index (κ3) is 3.83. The predicted molar refractivity (Wildman–Crippen MR) is 119 cm³/mol. The highest BCUT2D eigenvalue weighted by atomic mass is 15.1. The van der Waals surface area contributed by atoms with Crippen LogP contribution in [0.15, 0.2) is 85.1 Å². The summed E-state index contributed by atoms with van der Waals surface area (Å²) in [5.74, 6) is 1.75. The number of fused-ring (bicyclic) bond motifs is 1. The van der Waals surface area contributed by atoms with Gasteiger partial charge in [0.2, 0.25) is 0 Å². The first-order valence-corrected chi connectivity index (χ1v) is 10.7. The molecule has 1 aliphatic heterocycles. The summed E-state index contributed by atoms with van der Waals surface area (Å²) in [6, 6.07) is 27.8. The largest absolute Gasteiger partial charge is 0.303 e. The van der Waals surface area contributed by atoms with Crippen molar-refractivity contribution in [1.29, 1.82) is 0 Å². The number of hydrogen-bond acceptors (Lipinski definition) is 2. The van der Waals surface area contributed by atoms with Crippen molar-refractivity contribution >= 4 is 5.52 Å². The Labute approximate surface area is 172 Å². The smallest absolute Gasteiger partial charge is 0.117 e. The molecule has 1 aliphatic rings. The molecule has 0 aliphatic carbocycles. The second kappa shape index (κ2) is 8.22. The van der Waals surface area contributed by atoms with Gasteiger partial charge in [0.1, 0.15) is 5.82 Å². The van der Waals surface area contributed by atoms with E-state index in [9.17, 15) is 0 Å². The van der Waals surface area contributed by atoms with Gasteiger partial charge in [0.05, 0.1) is 11.2 Å². The number of aromatic nitrogens is 2. The van der Waals surface area contributed by atoms with Crippen LogP contribution in [-0.4, -0.2) is 33.9 Å². The summed E-state index contributed by atoms with van der Waals surface area (Å²) in [4.78, 5) is 7.75. The van der Waals surface area contributed by atoms with Crippen molar-refractivity contribution in [2.24, 2.45) is 0 Å². The first kappa shape index (κ1) is 18.1. The summed E-state index contributed by atoms with van der Waals surface area (Å²) in [5.41, 5.74) is 4.94. The maximum absolute atomic E-state index is 5.15. The van der Waals surface area contributed by atoms with Gasteiger partial charge in [-0.25, -0.2) is 4.98 Å². The number of benzene rings is 2. The monoisotopic (exact) mass is 381 g/mol. The van der Waals surface area contributed by atoms with E-state index >= 15 is 0 Å². The number of piperidine rings is 1. The summed E-state index contributed by atoms with van der Waals surface area (Å²) in [6.45, 7) is 3.45. The number of nitrogens with zero attached hydrogens (tertiary/aromatic N) is 3. The molecule has 3 nitrogen and oxygen atoms in total. The molecule has 146 valence electrons. The lowest BCUT2D eigenvalue weighted by Crippen LogP contribution is -2.34. The zero-order chi connectivity index (χ0) is 19.5. The van der Waals surface area contributed by atoms with E-state index in [1.165, 1.54) is 35.3 Å². The zero-order valence-corrected chi connectivity index (χ0v) is 16.7. The van der Waals surface area contributed by atoms with Crippen LogP contribution < -0.4 is 0 Å². The fraction of sp³-hybridized carbons (Fsp3) is 0.269. The molecule has 29 heavy (non-hydrogen) atoms. The van der Waals surface area contributed by atoms with E-state index in [4.69, 9.17) is 4.98 Å². The third-order valence-corrected chi connectivity index (χ3v) is 6.14. The van der Waals surface area contributed by atoms with Crippen molar-refractivity contribution in [3.8, 4) is 11.3 Å². The molecule has 0 amide bonds. The quantitative estimate of drug-likeness (QED) is 0.460. The van der Waals surface area contributed by atoms with Gasteiger partial charge in [-0.15, -0.1) is 0 Å². The molecule has 0 radical (unpaired) electrons. The molecule has 0 unspecified atom stereocenters. The van der Waals surface area contributed by atoms with Gasteiger partial charge in [0.15, 0.2) is 0 Å². The normalized spacial score (nSPS) is 15.7. The van der Waals surface area contributed by atoms with Crippen LogP contribution in [0.5, 0.6) is 0 Å². The van der Waals surface area contributed by atoms with E-state index < -0.39 is 0 Å². The van der Waals surface area contributed by atoms with Crippen molar-refractivity contribution in [3.63, 3.8) is 0 Å². The molecule has 2 aromatic heterocycles. The maximum Gasteiger partial charge on any atom is 0.117 e. The van der Waals surface area contributed by atoms with Gasteiger partial charge < -0.3 is 9.30 Å². The molecular formula is C26H27N3. The molecule has 0 N–H and O–H groups in total. The molecule has 0 atom stereocenters. The van der Waals surface area contributed by atoms with Gasteiger partial charge in [0, 0.05) is 24.2 Å². The minimum Gasteiger partial charge on any atom is -0.303 e. The van der Waals surface area contributed by atoms with E-state index in [-0.39, 0.29) is 0 Å². The Hall–Kier alpha value is -2.91. The summed E-state index contributed by atoms with van der Waals surface area (Å²) in [5, 5.41) is 0. The van der Waals surface area contributed by atoms with Crippen molar-refractivity contribution < 1.29 is 0 Å². The lowest BCUT2D eigenvalue weighted by molar-refractivity contribution is 0.211. The minimum absolute atomic E-state index is 0.523. The molecule has 0 bridgehead atoms. The summed E-state index contributed by atoms with van der Waals surface area (Å²) >= 11 is 0. The molecule has 1 saturated heterocycles. The number of rotatable bonds is 5. The lowest BCUT2D eigenvalue weighted by Gasteiger charge is -2.31. The highest BCUT2D eigenvalue weighted by Crippen LogP contribution is 2.32. The topological polar surface area (TPSA) is 20.5 Å². The molecular weight excluding hydrogens is 354 g/mol. The van der Waals surface area contributed by atoms with E-state index in [0.29, 0.717) is 5.92 Å². The van der Waals surface area contributed by atoms with E-state index in [0.717, 1.165) is 31.7 Å². The number of imidazole rings is 1. The van der Waals surface area contributed by atoms with Crippen LogP contribution in [0.1, 0.15) is 30.1 Å². The van der Waals surface area contributed by atoms with Gasteiger partial charge in [0.25, 0.3) is 0 Å². The predicted octanol–water partition coefficient (Wildman–Crippen LogP) is 5.42. The van der Waals surface area contributed by atoms with Crippen LogP contribution in [0, 0.1) is 0 Å². The lowest BCUT2D eigenvalue weighted by atomic mass is 9.95. The second-order valence-corrected chi connectivity index (χ2v) is 7.99. The summed E-state index contributed by atoms with van der Waals surface area (Å²) in [6.07, 6.45) is 5.66. The van der Waals surface area contributed by atoms with Crippen LogP contribution in [0.2, 0.25) is 0 Å². The average Bonchev–Trinajstić information content (AvgIpc) is 3.19. The highest BCUT2D eigenvalue weighted by Gasteiger charge is 2.25. The molecule has 0 saturated carbocycles. The fourth-order valence-electron chi connectivity index (χ4n) is 4.50. The zero-order valence-electron chi connectivity index (χ0n) is 16.7. The van der Waals surface area contributed by atoms with Crippen LogP contribution in [0.4, 0.5) is 0 Å². The fourth-order valence-corrected chi connectivity index (χ4v) is 4.50. The second-order valence-electron chi connectivity index (χ2n) is 7.99. The molecule has 4 aromatic rings. The average molecular weight is 382 g/mol. The molecule has 3 heterocycles. The standard InChI is InChI=1S/C26H27N3/c1-3-9-21(10-4-1)14-18-28-19-15-23(16-20-28)26-27-25(22-11-5-2-6-12-22)24-13-7-8-17-29(24)26/h1-13,17,23H,14-16,18-20H2. The molecule has 2 aromatic carbocycles. The highest BCUT2D eigenvalue weighted by molar-refractivity contribution is 5.77. The molecule has 0 spiro atoms. The summed E-state index contributed by atoms with van der Waals surface area (Å²) < 4.78 is 2.31. The first-order chi connectivity index (χ1) is 14.4. The molecule has 5 rings (SSSR count). The van der Waals surface area contributed by atoms with Crippen LogP contribution >= 0.6 is 0 Å². The van der Waals surface area contributed by atoms with Gasteiger partial charge in [-0.05, 0) is 50.0 Å². The number of likely N-dealkylation sites (tertiary alicyclic amines) is 1. The number of pyridine rings is 1. The third-order valence-electron chi connectivity index (χ3n) is 6.14. The summed E-state index contributed by atoms with van der Waals surface area (Å²) in [7, 11) is 0. The van der Waals surface area contributed by atoms with Crippen LogP contribution in [0.3, 0.4) is 0 Å². The Morgan fingerprint density at radius 2 is 1.48 bits per heavy atom. The number of hydrogen-bond donors (Lipinski definition) is 0. The van der Waals surface area contributed by atoms with Crippen LogP contribution in [-0.2, 0) is 6.42 Å². The van der Waals surface area contributed by atoms with Gasteiger partial charge in [-0.1, -0.05) is 66.7 Å². The van der Waals surface area contributed by atoms with Gasteiger partial charge in [-0.2, -0.15) is 0 Å². The molecule has 3 heteroatoms. The van der Waals surface area contributed by atoms with E-state index in [1.54, 1.807) is 0 Å². The van der Waals surface area contributed by atoms with Gasteiger partial charge >= 0.3 is 0 Å². The Morgan fingerprint density at radius 3 is 2.24 bits per heavy atom. The van der Waals surface area contributed by atoms with Crippen molar-refractivity contribution in [2.75, 3.05) is 19.6 Å². The van der Waals surface area contributed by atoms with E-state index in [2.05, 4.69) is 94.4 Å². The Bertz CT molecular complexity index is 1060. The SMILES string of the molecule is c1ccc(CCN2CCC(c3nc(-c4ccccc4)c4ccccn34)CC2)cc1. The van der Waals surface area contributed by atoms with E-state index in [1.807, 2.05) is 0 Å². The van der Waals surface area contributed by atoms with Crippen LogP contribution in [0.25, 0.3) is 16.8 Å². The van der Waals surface area contributed by atoms with Crippen molar-refractivity contribution in [2.45, 2.75) is 25.2 Å². The Kier molecular flexibility index (Phi) is 5.14. The first-order valence-electron chi connectivity index (χ1n) is 10.7. The maximum atomic E-state index is 5.15. The van der Waals surface area contributed by atoms with Gasteiger partial charge in [-0.3, -0.25) is 0 Å². The Balaban J connectivity index is 1.32. The Morgan fingerprint density at radius 1 is 0.793 bits per heavy atom. The molecule has 1 fully saturated rings. The van der Waals surface area contributed by atoms with Crippen molar-refractivity contribution in [1.82, 2.24) is 14.3 Å². The van der Waals surface area contributed by atoms with Crippen molar-refractivity contribution in [3.05, 3.63) is 96.4 Å².